The van der Waals surface area contributed by atoms with Crippen molar-refractivity contribution in [2.24, 2.45) is 0 Å². The van der Waals surface area contributed by atoms with Gasteiger partial charge in [-0.25, -0.2) is 12.4 Å². The molecule has 0 bridgehead atoms. The maximum absolute atomic E-state index is 13.3. The Kier molecular flexibility index (Phi) is 5.09. The summed E-state index contributed by atoms with van der Waals surface area (Å²) in [4.78, 5) is -0.107. The zero-order chi connectivity index (χ0) is 21.8. The van der Waals surface area contributed by atoms with E-state index in [1.165, 1.54) is 12.1 Å². The van der Waals surface area contributed by atoms with E-state index in [0.29, 0.717) is 3.97 Å². The number of benzene rings is 2. The summed E-state index contributed by atoms with van der Waals surface area (Å²) in [6.07, 6.45) is -4.62. The van der Waals surface area contributed by atoms with Gasteiger partial charge in [-0.05, 0) is 47.4 Å². The number of alkyl halides is 3. The lowest BCUT2D eigenvalue weighted by molar-refractivity contribution is -0.137. The normalized spacial score (nSPS) is 13.1. The molecule has 0 aliphatic carbocycles. The fourth-order valence-electron chi connectivity index (χ4n) is 3.06. The quantitative estimate of drug-likeness (QED) is 0.633. The summed E-state index contributed by atoms with van der Waals surface area (Å²) >= 11 is 0. The predicted molar refractivity (Wildman–Crippen MR) is 104 cm³/mol. The van der Waals surface area contributed by atoms with Gasteiger partial charge in [0, 0.05) is 5.39 Å². The van der Waals surface area contributed by atoms with Crippen molar-refractivity contribution < 1.29 is 31.6 Å². The molecule has 0 saturated carbocycles. The van der Waals surface area contributed by atoms with Gasteiger partial charge in [0.05, 0.1) is 21.6 Å². The van der Waals surface area contributed by atoms with Crippen LogP contribution in [0.15, 0.2) is 53.4 Å². The highest BCUT2D eigenvalue weighted by atomic mass is 32.2. The van der Waals surface area contributed by atoms with Crippen molar-refractivity contribution in [2.45, 2.75) is 37.3 Å². The molecule has 0 saturated heterocycles. The third-order valence-electron chi connectivity index (χ3n) is 4.61. The Labute approximate surface area is 166 Å². The first-order chi connectivity index (χ1) is 13.2. The molecule has 3 rings (SSSR count). The van der Waals surface area contributed by atoms with Crippen LogP contribution in [-0.4, -0.2) is 29.6 Å². The second kappa shape index (κ2) is 6.89. The minimum absolute atomic E-state index is 0.0709. The summed E-state index contributed by atoms with van der Waals surface area (Å²) in [5.74, 6) is 0. The van der Waals surface area contributed by atoms with Crippen molar-refractivity contribution in [3.05, 3.63) is 59.7 Å². The van der Waals surface area contributed by atoms with Crippen LogP contribution >= 0.6 is 0 Å². The van der Waals surface area contributed by atoms with Crippen LogP contribution in [0.25, 0.3) is 10.9 Å². The minimum atomic E-state index is -4.62. The fourth-order valence-corrected chi connectivity index (χ4v) is 4.65. The van der Waals surface area contributed by atoms with E-state index in [-0.39, 0.29) is 21.2 Å². The van der Waals surface area contributed by atoms with Crippen LogP contribution in [0.4, 0.5) is 13.2 Å². The lowest BCUT2D eigenvalue weighted by Crippen LogP contribution is -2.39. The zero-order valence-corrected chi connectivity index (χ0v) is 16.7. The molecule has 2 N–H and O–H groups in total. The van der Waals surface area contributed by atoms with Gasteiger partial charge in [0.15, 0.2) is 0 Å². The number of aromatic nitrogens is 1. The van der Waals surface area contributed by atoms with E-state index in [0.717, 1.165) is 29.8 Å². The Hall–Kier alpha value is -2.30. The standard InChI is InChI=1S/C19H19BF3NO4S/c1-18(2,3)13-5-4-6-15(11-13)29(27,28)24-16-8-7-14(19(21,22)23)9-12(16)10-17(24)20(25)26/h4-11,25-26H,1-3H3. The van der Waals surface area contributed by atoms with Crippen LogP contribution in [0.3, 0.4) is 0 Å². The summed E-state index contributed by atoms with van der Waals surface area (Å²) in [5, 5.41) is 19.3. The lowest BCUT2D eigenvalue weighted by Gasteiger charge is -2.20. The summed E-state index contributed by atoms with van der Waals surface area (Å²) < 4.78 is 66.3. The molecule has 154 valence electrons. The molecule has 0 radical (unpaired) electrons. The van der Waals surface area contributed by atoms with Gasteiger partial charge in [0.1, 0.15) is 0 Å². The van der Waals surface area contributed by atoms with E-state index in [1.54, 1.807) is 12.1 Å². The third-order valence-corrected chi connectivity index (χ3v) is 6.35. The lowest BCUT2D eigenvalue weighted by atomic mass is 9.86. The van der Waals surface area contributed by atoms with Gasteiger partial charge in [-0.15, -0.1) is 0 Å². The molecular formula is C19H19BF3NO4S. The number of halogens is 3. The Morgan fingerprint density at radius 3 is 2.14 bits per heavy atom. The van der Waals surface area contributed by atoms with Gasteiger partial charge < -0.3 is 10.0 Å². The molecule has 0 aliphatic heterocycles. The molecule has 0 fully saturated rings. The Morgan fingerprint density at radius 2 is 1.59 bits per heavy atom. The molecule has 0 amide bonds. The highest BCUT2D eigenvalue weighted by Crippen LogP contribution is 2.33. The Bertz CT molecular complexity index is 1180. The first-order valence-corrected chi connectivity index (χ1v) is 10.1. The maximum atomic E-state index is 13.3. The first-order valence-electron chi connectivity index (χ1n) is 8.68. The van der Waals surface area contributed by atoms with E-state index in [4.69, 9.17) is 0 Å². The number of hydrogen-bond donors (Lipinski definition) is 2. The summed E-state index contributed by atoms with van der Waals surface area (Å²) in [6.45, 7) is 5.72. The van der Waals surface area contributed by atoms with E-state index < -0.39 is 34.5 Å². The molecule has 3 aromatic rings. The molecule has 1 heterocycles. The maximum Gasteiger partial charge on any atom is 0.507 e. The van der Waals surface area contributed by atoms with E-state index >= 15 is 0 Å². The van der Waals surface area contributed by atoms with E-state index in [1.807, 2.05) is 20.8 Å². The molecule has 1 aromatic heterocycles. The first kappa shape index (κ1) is 21.4. The molecule has 0 aliphatic rings. The molecule has 29 heavy (non-hydrogen) atoms. The highest BCUT2D eigenvalue weighted by molar-refractivity contribution is 7.90. The Morgan fingerprint density at radius 1 is 0.931 bits per heavy atom. The Balaban J connectivity index is 2.29. The summed E-state index contributed by atoms with van der Waals surface area (Å²) in [7, 11) is -6.51. The van der Waals surface area contributed by atoms with E-state index in [2.05, 4.69) is 0 Å². The van der Waals surface area contributed by atoms with E-state index in [9.17, 15) is 31.6 Å². The number of hydrogen-bond acceptors (Lipinski definition) is 4. The van der Waals surface area contributed by atoms with Crippen LogP contribution < -0.4 is 5.59 Å². The van der Waals surface area contributed by atoms with Crippen LogP contribution in [0.5, 0.6) is 0 Å². The smallest absolute Gasteiger partial charge is 0.422 e. The largest absolute Gasteiger partial charge is 0.507 e. The molecule has 0 atom stereocenters. The fraction of sp³-hybridized carbons (Fsp3) is 0.263. The van der Waals surface area contributed by atoms with Crippen molar-refractivity contribution >= 4 is 33.6 Å². The van der Waals surface area contributed by atoms with Crippen molar-refractivity contribution in [3.8, 4) is 0 Å². The summed E-state index contributed by atoms with van der Waals surface area (Å²) in [6, 6.07) is 9.73. The van der Waals surface area contributed by atoms with Gasteiger partial charge in [0.2, 0.25) is 0 Å². The average molecular weight is 425 g/mol. The molecule has 0 spiro atoms. The van der Waals surface area contributed by atoms with Crippen molar-refractivity contribution in [3.63, 3.8) is 0 Å². The average Bonchev–Trinajstić information content (AvgIpc) is 3.00. The SMILES string of the molecule is CC(C)(C)c1cccc(S(=O)(=O)n2c(B(O)O)cc3cc(C(F)(F)F)ccc32)c1. The number of fused-ring (bicyclic) bond motifs is 1. The van der Waals surface area contributed by atoms with Crippen molar-refractivity contribution in [2.75, 3.05) is 0 Å². The van der Waals surface area contributed by atoms with Gasteiger partial charge >= 0.3 is 13.3 Å². The molecule has 5 nitrogen and oxygen atoms in total. The second-order valence-corrected chi connectivity index (χ2v) is 9.55. The summed E-state index contributed by atoms with van der Waals surface area (Å²) in [5.41, 5.74) is -1.10. The van der Waals surface area contributed by atoms with Crippen molar-refractivity contribution in [1.82, 2.24) is 3.97 Å². The van der Waals surface area contributed by atoms with Crippen LogP contribution in [-0.2, 0) is 21.6 Å². The van der Waals surface area contributed by atoms with Crippen LogP contribution in [0, 0.1) is 0 Å². The van der Waals surface area contributed by atoms with Crippen LogP contribution in [0.1, 0.15) is 31.9 Å². The molecular weight excluding hydrogens is 406 g/mol. The van der Waals surface area contributed by atoms with Gasteiger partial charge in [-0.3, -0.25) is 0 Å². The zero-order valence-electron chi connectivity index (χ0n) is 15.9. The van der Waals surface area contributed by atoms with Gasteiger partial charge in [0.25, 0.3) is 10.0 Å². The minimum Gasteiger partial charge on any atom is -0.422 e. The van der Waals surface area contributed by atoms with Gasteiger partial charge in [-0.2, -0.15) is 13.2 Å². The number of rotatable bonds is 3. The van der Waals surface area contributed by atoms with Crippen LogP contribution in [0.2, 0.25) is 0 Å². The second-order valence-electron chi connectivity index (χ2n) is 7.76. The molecule has 10 heteroatoms. The predicted octanol–water partition coefficient (Wildman–Crippen LogP) is 2.87. The molecule has 0 unspecified atom stereocenters. The highest BCUT2D eigenvalue weighted by Gasteiger charge is 2.33. The molecule has 2 aromatic carbocycles. The number of nitrogens with zero attached hydrogens (tertiary/aromatic N) is 1. The topological polar surface area (TPSA) is 79.5 Å². The van der Waals surface area contributed by atoms with Crippen molar-refractivity contribution in [1.29, 1.82) is 0 Å². The monoisotopic (exact) mass is 425 g/mol. The third kappa shape index (κ3) is 3.92. The van der Waals surface area contributed by atoms with Gasteiger partial charge in [-0.1, -0.05) is 32.9 Å².